The number of amides is 1. The van der Waals surface area contributed by atoms with Gasteiger partial charge >= 0.3 is 0 Å². The zero-order valence-electron chi connectivity index (χ0n) is 17.6. The Labute approximate surface area is 205 Å². The molecule has 0 aromatic heterocycles. The molecule has 1 N–H and O–H groups in total. The number of rotatable bonds is 4. The summed E-state index contributed by atoms with van der Waals surface area (Å²) in [7, 11) is 1.47. The minimum absolute atomic E-state index is 0.0667. The van der Waals surface area contributed by atoms with Crippen molar-refractivity contribution in [2.75, 3.05) is 12.0 Å². The van der Waals surface area contributed by atoms with Gasteiger partial charge in [-0.1, -0.05) is 64.6 Å². The highest BCUT2D eigenvalue weighted by Gasteiger charge is 2.47. The zero-order chi connectivity index (χ0) is 23.9. The lowest BCUT2D eigenvalue weighted by molar-refractivity contribution is -0.132. The number of anilines is 1. The number of ketones is 1. The van der Waals surface area contributed by atoms with Crippen LogP contribution in [0.25, 0.3) is 5.76 Å². The van der Waals surface area contributed by atoms with E-state index in [1.807, 2.05) is 25.1 Å². The van der Waals surface area contributed by atoms with E-state index in [0.29, 0.717) is 27.0 Å². The summed E-state index contributed by atoms with van der Waals surface area (Å²) in [4.78, 5) is 27.7. The fourth-order valence-corrected chi connectivity index (χ4v) is 4.67. The molecule has 5 nitrogen and oxygen atoms in total. The van der Waals surface area contributed by atoms with E-state index >= 15 is 0 Å². The third kappa shape index (κ3) is 4.32. The molecule has 1 amide bonds. The van der Waals surface area contributed by atoms with Crippen LogP contribution in [0.3, 0.4) is 0 Å². The predicted molar refractivity (Wildman–Crippen MR) is 130 cm³/mol. The maximum absolute atomic E-state index is 13.2. The van der Waals surface area contributed by atoms with Crippen molar-refractivity contribution in [3.05, 3.63) is 98.0 Å². The Morgan fingerprint density at radius 1 is 0.970 bits per heavy atom. The highest BCUT2D eigenvalue weighted by molar-refractivity contribution is 6.52. The van der Waals surface area contributed by atoms with E-state index < -0.39 is 17.7 Å². The first-order valence-electron chi connectivity index (χ1n) is 9.89. The van der Waals surface area contributed by atoms with Crippen LogP contribution in [0, 0.1) is 6.92 Å². The fourth-order valence-electron chi connectivity index (χ4n) is 3.90. The number of ether oxygens (including phenoxy) is 1. The molecule has 1 atom stereocenters. The van der Waals surface area contributed by atoms with Crippen LogP contribution in [0.15, 0.2) is 66.2 Å². The Hall–Kier alpha value is -2.99. The molecule has 1 unspecified atom stereocenters. The van der Waals surface area contributed by atoms with E-state index in [2.05, 4.69) is 0 Å². The molecule has 4 rings (SSSR count). The second-order valence-electron chi connectivity index (χ2n) is 7.56. The quantitative estimate of drug-likeness (QED) is 0.248. The Kier molecular flexibility index (Phi) is 6.39. The van der Waals surface area contributed by atoms with Crippen LogP contribution < -0.4 is 9.64 Å². The molecule has 3 aromatic rings. The number of hydrogen-bond donors (Lipinski definition) is 1. The highest BCUT2D eigenvalue weighted by Crippen LogP contribution is 2.44. The van der Waals surface area contributed by atoms with Gasteiger partial charge in [-0.2, -0.15) is 0 Å². The fraction of sp³-hybridized carbons (Fsp3) is 0.120. The molecular formula is C25H18Cl3NO4. The highest BCUT2D eigenvalue weighted by atomic mass is 35.5. The standard InChI is InChI=1S/C25H18Cl3NO4/c1-13-4-3-5-14(8-13)22-21(23(30)15-6-7-20(33-2)19(28)9-15)24(31)25(32)29(22)18-11-16(26)10-17(27)12-18/h3-12,22,30H,1-2H3/b23-21+. The average Bonchev–Trinajstić information content (AvgIpc) is 3.03. The van der Waals surface area contributed by atoms with E-state index in [1.165, 1.54) is 24.1 Å². The molecule has 3 aromatic carbocycles. The number of hydrogen-bond acceptors (Lipinski definition) is 4. The van der Waals surface area contributed by atoms with Crippen LogP contribution in [0.1, 0.15) is 22.7 Å². The normalized spacial score (nSPS) is 17.5. The van der Waals surface area contributed by atoms with Gasteiger partial charge < -0.3 is 9.84 Å². The van der Waals surface area contributed by atoms with E-state index in [1.54, 1.807) is 30.3 Å². The molecule has 1 heterocycles. The number of aliphatic hydroxyl groups is 1. The van der Waals surface area contributed by atoms with Crippen molar-refractivity contribution < 1.29 is 19.4 Å². The van der Waals surface area contributed by atoms with Gasteiger partial charge in [0.25, 0.3) is 11.7 Å². The summed E-state index contributed by atoms with van der Waals surface area (Å²) in [5.74, 6) is -1.57. The largest absolute Gasteiger partial charge is 0.507 e. The van der Waals surface area contributed by atoms with Gasteiger partial charge in [0.05, 0.1) is 23.7 Å². The molecule has 1 aliphatic rings. The number of nitrogens with zero attached hydrogens (tertiary/aromatic N) is 1. The smallest absolute Gasteiger partial charge is 0.300 e. The second-order valence-corrected chi connectivity index (χ2v) is 8.84. The summed E-state index contributed by atoms with van der Waals surface area (Å²) >= 11 is 18.6. The molecule has 0 bridgehead atoms. The van der Waals surface area contributed by atoms with Crippen molar-refractivity contribution in [3.63, 3.8) is 0 Å². The van der Waals surface area contributed by atoms with Crippen LogP contribution in [-0.2, 0) is 9.59 Å². The Balaban J connectivity index is 1.97. The summed E-state index contributed by atoms with van der Waals surface area (Å²) in [5.41, 5.74) is 2.12. The number of Topliss-reactive ketones (excluding diaryl/α,β-unsaturated/α-hetero) is 1. The first kappa shape index (κ1) is 23.2. The van der Waals surface area contributed by atoms with Crippen LogP contribution in [0.5, 0.6) is 5.75 Å². The lowest BCUT2D eigenvalue weighted by Gasteiger charge is -2.26. The van der Waals surface area contributed by atoms with Crippen molar-refractivity contribution in [1.82, 2.24) is 0 Å². The van der Waals surface area contributed by atoms with E-state index in [9.17, 15) is 14.7 Å². The predicted octanol–water partition coefficient (Wildman–Crippen LogP) is 6.59. The number of methoxy groups -OCH3 is 1. The van der Waals surface area contributed by atoms with E-state index in [4.69, 9.17) is 39.5 Å². The van der Waals surface area contributed by atoms with Gasteiger partial charge in [0.15, 0.2) is 0 Å². The van der Waals surface area contributed by atoms with Crippen LogP contribution in [-0.4, -0.2) is 23.9 Å². The van der Waals surface area contributed by atoms with E-state index in [-0.39, 0.29) is 21.9 Å². The van der Waals surface area contributed by atoms with Crippen LogP contribution >= 0.6 is 34.8 Å². The SMILES string of the molecule is COc1ccc(/C(O)=C2\C(=O)C(=O)N(c3cc(Cl)cc(Cl)c3)C2c2cccc(C)c2)cc1Cl. The lowest BCUT2D eigenvalue weighted by Crippen LogP contribution is -2.29. The molecule has 168 valence electrons. The molecule has 8 heteroatoms. The summed E-state index contributed by atoms with van der Waals surface area (Å²) in [6.45, 7) is 1.90. The van der Waals surface area contributed by atoms with Gasteiger partial charge in [0.2, 0.25) is 0 Å². The Morgan fingerprint density at radius 2 is 1.67 bits per heavy atom. The number of carbonyl (C=O) groups is 2. The van der Waals surface area contributed by atoms with Gasteiger partial charge in [0.1, 0.15) is 11.5 Å². The maximum Gasteiger partial charge on any atom is 0.300 e. The van der Waals surface area contributed by atoms with Crippen molar-refractivity contribution in [2.45, 2.75) is 13.0 Å². The molecule has 0 saturated carbocycles. The van der Waals surface area contributed by atoms with Crippen LogP contribution in [0.2, 0.25) is 15.1 Å². The molecule has 0 aliphatic carbocycles. The van der Waals surface area contributed by atoms with Crippen molar-refractivity contribution in [2.24, 2.45) is 0 Å². The summed E-state index contributed by atoms with van der Waals surface area (Å²) < 4.78 is 5.16. The third-order valence-corrected chi connectivity index (χ3v) is 6.08. The number of carbonyl (C=O) groups excluding carboxylic acids is 2. The summed E-state index contributed by atoms with van der Waals surface area (Å²) in [6, 6.07) is 15.7. The number of halogens is 3. The zero-order valence-corrected chi connectivity index (χ0v) is 19.9. The van der Waals surface area contributed by atoms with Gasteiger partial charge in [-0.05, 0) is 48.9 Å². The third-order valence-electron chi connectivity index (χ3n) is 5.35. The van der Waals surface area contributed by atoms with Crippen LogP contribution in [0.4, 0.5) is 5.69 Å². The molecule has 0 spiro atoms. The van der Waals surface area contributed by atoms with Crippen molar-refractivity contribution in [1.29, 1.82) is 0 Å². The molecular weight excluding hydrogens is 485 g/mol. The minimum atomic E-state index is -0.902. The first-order valence-corrected chi connectivity index (χ1v) is 11.0. The second kappa shape index (κ2) is 9.10. The topological polar surface area (TPSA) is 66.8 Å². The molecule has 1 aliphatic heterocycles. The Morgan fingerprint density at radius 3 is 2.27 bits per heavy atom. The van der Waals surface area contributed by atoms with Gasteiger partial charge in [-0.3, -0.25) is 14.5 Å². The Bertz CT molecular complexity index is 1300. The number of benzene rings is 3. The monoisotopic (exact) mass is 501 g/mol. The first-order chi connectivity index (χ1) is 15.7. The number of aliphatic hydroxyl groups excluding tert-OH is 1. The number of aryl methyl sites for hydroxylation is 1. The molecule has 1 saturated heterocycles. The van der Waals surface area contributed by atoms with Crippen molar-refractivity contribution in [3.8, 4) is 5.75 Å². The molecule has 0 radical (unpaired) electrons. The van der Waals surface area contributed by atoms with Gasteiger partial charge in [-0.15, -0.1) is 0 Å². The van der Waals surface area contributed by atoms with Crippen molar-refractivity contribution >= 4 is 57.9 Å². The van der Waals surface area contributed by atoms with Gasteiger partial charge in [-0.25, -0.2) is 0 Å². The molecule has 33 heavy (non-hydrogen) atoms. The van der Waals surface area contributed by atoms with E-state index in [0.717, 1.165) is 5.56 Å². The van der Waals surface area contributed by atoms with Gasteiger partial charge in [0, 0.05) is 21.3 Å². The molecule has 1 fully saturated rings. The average molecular weight is 503 g/mol. The minimum Gasteiger partial charge on any atom is -0.507 e. The summed E-state index contributed by atoms with van der Waals surface area (Å²) in [5, 5.41) is 12.1. The summed E-state index contributed by atoms with van der Waals surface area (Å²) in [6.07, 6.45) is 0. The lowest BCUT2D eigenvalue weighted by atomic mass is 9.94. The maximum atomic E-state index is 13.2.